The van der Waals surface area contributed by atoms with E-state index in [0.29, 0.717) is 12.4 Å². The van der Waals surface area contributed by atoms with Crippen molar-refractivity contribution in [1.29, 1.82) is 0 Å². The van der Waals surface area contributed by atoms with Crippen molar-refractivity contribution in [2.75, 3.05) is 0 Å². The van der Waals surface area contributed by atoms with Crippen LogP contribution in [0.4, 0.5) is 0 Å². The number of amides is 1. The van der Waals surface area contributed by atoms with Gasteiger partial charge in [-0.25, -0.2) is 4.79 Å². The number of para-hydroxylation sites is 1. The molecule has 120 valence electrons. The number of nitrogens with one attached hydrogen (secondary N) is 1. The van der Waals surface area contributed by atoms with Crippen LogP contribution in [0.25, 0.3) is 0 Å². The fraction of sp³-hybridized carbons (Fsp3) is 0.222. The van der Waals surface area contributed by atoms with Crippen LogP contribution in [0.1, 0.15) is 18.1 Å². The van der Waals surface area contributed by atoms with E-state index in [1.165, 1.54) is 6.92 Å². The Morgan fingerprint density at radius 2 is 1.74 bits per heavy atom. The number of rotatable bonds is 7. The van der Waals surface area contributed by atoms with Crippen molar-refractivity contribution >= 4 is 11.9 Å². The molecule has 1 amide bonds. The van der Waals surface area contributed by atoms with Gasteiger partial charge in [0, 0.05) is 13.3 Å². The van der Waals surface area contributed by atoms with E-state index in [0.717, 1.165) is 11.1 Å². The van der Waals surface area contributed by atoms with Crippen molar-refractivity contribution < 1.29 is 19.4 Å². The fourth-order valence-corrected chi connectivity index (χ4v) is 2.21. The van der Waals surface area contributed by atoms with Gasteiger partial charge in [0.15, 0.2) is 0 Å². The molecule has 1 unspecified atom stereocenters. The summed E-state index contributed by atoms with van der Waals surface area (Å²) in [6, 6.07) is 16.0. The van der Waals surface area contributed by atoms with E-state index in [9.17, 15) is 14.7 Å². The third-order valence-corrected chi connectivity index (χ3v) is 3.31. The average molecular weight is 313 g/mol. The molecule has 0 aliphatic carbocycles. The SMILES string of the molecule is CC(=O)NC(Cc1ccccc1OCc1ccccc1)C(=O)O. The molecule has 0 aliphatic heterocycles. The van der Waals surface area contributed by atoms with E-state index >= 15 is 0 Å². The van der Waals surface area contributed by atoms with Crippen LogP contribution in [0, 0.1) is 0 Å². The monoisotopic (exact) mass is 313 g/mol. The second-order valence-electron chi connectivity index (χ2n) is 5.18. The van der Waals surface area contributed by atoms with Gasteiger partial charge in [-0.05, 0) is 17.2 Å². The lowest BCUT2D eigenvalue weighted by atomic mass is 10.0. The Bertz CT molecular complexity index is 670. The molecule has 0 saturated carbocycles. The molecule has 2 aromatic rings. The van der Waals surface area contributed by atoms with Crippen molar-refractivity contribution in [3.8, 4) is 5.75 Å². The van der Waals surface area contributed by atoms with E-state index < -0.39 is 12.0 Å². The van der Waals surface area contributed by atoms with Gasteiger partial charge in [0.05, 0.1) is 0 Å². The molecule has 0 aliphatic rings. The zero-order chi connectivity index (χ0) is 16.7. The molecule has 1 atom stereocenters. The lowest BCUT2D eigenvalue weighted by Gasteiger charge is -2.16. The van der Waals surface area contributed by atoms with Gasteiger partial charge in [0.25, 0.3) is 0 Å². The lowest BCUT2D eigenvalue weighted by Crippen LogP contribution is -2.41. The van der Waals surface area contributed by atoms with Gasteiger partial charge in [0.1, 0.15) is 18.4 Å². The van der Waals surface area contributed by atoms with Gasteiger partial charge in [-0.15, -0.1) is 0 Å². The minimum atomic E-state index is -1.07. The molecule has 2 aromatic carbocycles. The maximum atomic E-state index is 11.3. The quantitative estimate of drug-likeness (QED) is 0.823. The maximum absolute atomic E-state index is 11.3. The van der Waals surface area contributed by atoms with Crippen molar-refractivity contribution in [3.05, 3.63) is 65.7 Å². The molecule has 0 spiro atoms. The highest BCUT2D eigenvalue weighted by Gasteiger charge is 2.20. The van der Waals surface area contributed by atoms with Crippen LogP contribution < -0.4 is 10.1 Å². The summed E-state index contributed by atoms with van der Waals surface area (Å²) in [5.41, 5.74) is 1.77. The van der Waals surface area contributed by atoms with Crippen molar-refractivity contribution in [2.24, 2.45) is 0 Å². The fourth-order valence-electron chi connectivity index (χ4n) is 2.21. The second kappa shape index (κ2) is 7.98. The first kappa shape index (κ1) is 16.5. The predicted molar refractivity (Wildman–Crippen MR) is 86.2 cm³/mol. The summed E-state index contributed by atoms with van der Waals surface area (Å²) in [4.78, 5) is 22.4. The Kier molecular flexibility index (Phi) is 5.74. The molecule has 5 nitrogen and oxygen atoms in total. The summed E-state index contributed by atoms with van der Waals surface area (Å²) in [6.45, 7) is 1.70. The third kappa shape index (κ3) is 5.14. The van der Waals surface area contributed by atoms with E-state index in [4.69, 9.17) is 4.74 Å². The smallest absolute Gasteiger partial charge is 0.326 e. The molecule has 0 saturated heterocycles. The molecular formula is C18H19NO4. The average Bonchev–Trinajstić information content (AvgIpc) is 2.54. The first-order valence-electron chi connectivity index (χ1n) is 7.31. The molecule has 2 N–H and O–H groups in total. The first-order valence-corrected chi connectivity index (χ1v) is 7.31. The summed E-state index contributed by atoms with van der Waals surface area (Å²) in [6.07, 6.45) is 0.167. The highest BCUT2D eigenvalue weighted by Crippen LogP contribution is 2.21. The number of carboxylic acids is 1. The van der Waals surface area contributed by atoms with Crippen LogP contribution in [0.5, 0.6) is 5.75 Å². The Balaban J connectivity index is 2.10. The number of ether oxygens (including phenoxy) is 1. The van der Waals surface area contributed by atoms with Crippen LogP contribution >= 0.6 is 0 Å². The lowest BCUT2D eigenvalue weighted by molar-refractivity contribution is -0.141. The number of hydrogen-bond donors (Lipinski definition) is 2. The summed E-state index contributed by atoms with van der Waals surface area (Å²) in [5.74, 6) is -0.828. The van der Waals surface area contributed by atoms with Crippen molar-refractivity contribution in [1.82, 2.24) is 5.32 Å². The molecule has 0 heterocycles. The van der Waals surface area contributed by atoms with Gasteiger partial charge in [-0.2, -0.15) is 0 Å². The Morgan fingerprint density at radius 1 is 1.09 bits per heavy atom. The predicted octanol–water partition coefficient (Wildman–Crippen LogP) is 2.40. The molecule has 2 rings (SSSR count). The van der Waals surface area contributed by atoms with Gasteiger partial charge < -0.3 is 15.2 Å². The number of carbonyl (C=O) groups excluding carboxylic acids is 1. The second-order valence-corrected chi connectivity index (χ2v) is 5.18. The number of aliphatic carboxylic acids is 1. The molecule has 0 bridgehead atoms. The standard InChI is InChI=1S/C18H19NO4/c1-13(20)19-16(18(21)22)11-15-9-5-6-10-17(15)23-12-14-7-3-2-4-8-14/h2-10,16H,11-12H2,1H3,(H,19,20)(H,21,22). The highest BCUT2D eigenvalue weighted by molar-refractivity contribution is 5.82. The normalized spacial score (nSPS) is 11.5. The Labute approximate surface area is 134 Å². The van der Waals surface area contributed by atoms with Crippen LogP contribution in [-0.2, 0) is 22.6 Å². The minimum Gasteiger partial charge on any atom is -0.489 e. The zero-order valence-electron chi connectivity index (χ0n) is 12.9. The number of carbonyl (C=O) groups is 2. The van der Waals surface area contributed by atoms with E-state index in [1.807, 2.05) is 42.5 Å². The molecule has 5 heteroatoms. The van der Waals surface area contributed by atoms with Gasteiger partial charge in [0.2, 0.25) is 5.91 Å². The molecule has 0 radical (unpaired) electrons. The van der Waals surface area contributed by atoms with Gasteiger partial charge in [-0.3, -0.25) is 4.79 Å². The number of benzene rings is 2. The Morgan fingerprint density at radius 3 is 2.39 bits per heavy atom. The van der Waals surface area contributed by atoms with E-state index in [1.54, 1.807) is 12.1 Å². The summed E-state index contributed by atoms with van der Waals surface area (Å²) in [7, 11) is 0. The van der Waals surface area contributed by atoms with E-state index in [2.05, 4.69) is 5.32 Å². The minimum absolute atomic E-state index is 0.167. The largest absolute Gasteiger partial charge is 0.489 e. The van der Waals surface area contributed by atoms with Crippen LogP contribution in [0.3, 0.4) is 0 Å². The summed E-state index contributed by atoms with van der Waals surface area (Å²) < 4.78 is 5.80. The molecule has 0 aromatic heterocycles. The molecular weight excluding hydrogens is 294 g/mol. The summed E-state index contributed by atoms with van der Waals surface area (Å²) >= 11 is 0. The van der Waals surface area contributed by atoms with Crippen molar-refractivity contribution in [2.45, 2.75) is 26.0 Å². The van der Waals surface area contributed by atoms with Gasteiger partial charge >= 0.3 is 5.97 Å². The third-order valence-electron chi connectivity index (χ3n) is 3.31. The van der Waals surface area contributed by atoms with Crippen LogP contribution in [-0.4, -0.2) is 23.0 Å². The van der Waals surface area contributed by atoms with E-state index in [-0.39, 0.29) is 12.3 Å². The zero-order valence-corrected chi connectivity index (χ0v) is 12.9. The van der Waals surface area contributed by atoms with Gasteiger partial charge in [-0.1, -0.05) is 48.5 Å². The van der Waals surface area contributed by atoms with Crippen LogP contribution in [0.15, 0.2) is 54.6 Å². The molecule has 23 heavy (non-hydrogen) atoms. The first-order chi connectivity index (χ1) is 11.1. The summed E-state index contributed by atoms with van der Waals surface area (Å²) in [5, 5.41) is 11.7. The topological polar surface area (TPSA) is 75.6 Å². The Hall–Kier alpha value is -2.82. The van der Waals surface area contributed by atoms with Crippen molar-refractivity contribution in [3.63, 3.8) is 0 Å². The number of hydrogen-bond acceptors (Lipinski definition) is 3. The molecule has 0 fully saturated rings. The van der Waals surface area contributed by atoms with Crippen LogP contribution in [0.2, 0.25) is 0 Å². The maximum Gasteiger partial charge on any atom is 0.326 e. The number of carboxylic acid groups (broad SMARTS) is 1. The highest BCUT2D eigenvalue weighted by atomic mass is 16.5.